The highest BCUT2D eigenvalue weighted by atomic mass is 16.5. The Kier molecular flexibility index (Phi) is 15.1. The van der Waals surface area contributed by atoms with Gasteiger partial charge in [-0.05, 0) is 37.5 Å². The van der Waals surface area contributed by atoms with Gasteiger partial charge in [0.15, 0.2) is 0 Å². The van der Waals surface area contributed by atoms with Crippen LogP contribution in [0.4, 0.5) is 0 Å². The van der Waals surface area contributed by atoms with Gasteiger partial charge in [0.2, 0.25) is 11.8 Å². The molecule has 1 N–H and O–H groups in total. The largest absolute Gasteiger partial charge is 0.462 e. The van der Waals surface area contributed by atoms with Gasteiger partial charge in [-0.2, -0.15) is 0 Å². The number of rotatable bonds is 18. The average Bonchev–Trinajstić information content (AvgIpc) is 2.83. The number of carbonyl (C=O) groups is 4. The summed E-state index contributed by atoms with van der Waals surface area (Å²) in [5.41, 5.74) is 0. The fraction of sp³-hybridized carbons (Fsp3) is 0.871. The van der Waals surface area contributed by atoms with Crippen molar-refractivity contribution in [3.05, 3.63) is 0 Å². The zero-order valence-corrected chi connectivity index (χ0v) is 23.9. The van der Waals surface area contributed by atoms with Gasteiger partial charge < -0.3 is 4.74 Å². The fourth-order valence-corrected chi connectivity index (χ4v) is 6.22. The minimum absolute atomic E-state index is 0.0488. The van der Waals surface area contributed by atoms with E-state index in [0.29, 0.717) is 25.2 Å². The summed E-state index contributed by atoms with van der Waals surface area (Å²) in [6, 6.07) is 0. The van der Waals surface area contributed by atoms with Gasteiger partial charge in [-0.1, -0.05) is 97.8 Å². The summed E-state index contributed by atoms with van der Waals surface area (Å²) >= 11 is 0. The predicted molar refractivity (Wildman–Crippen MR) is 147 cm³/mol. The SMILES string of the molecule is CCCCCCCCCCCCCCCC(=O)OC(CC1CC(=O)NC(=O)C1)C1CC(C)CC(C)C1=O. The summed E-state index contributed by atoms with van der Waals surface area (Å²) in [7, 11) is 0. The lowest BCUT2D eigenvalue weighted by molar-refractivity contribution is -0.157. The van der Waals surface area contributed by atoms with Crippen LogP contribution in [-0.2, 0) is 23.9 Å². The van der Waals surface area contributed by atoms with E-state index in [9.17, 15) is 19.2 Å². The highest BCUT2D eigenvalue weighted by molar-refractivity contribution is 5.97. The van der Waals surface area contributed by atoms with Gasteiger partial charge in [0, 0.05) is 25.2 Å². The van der Waals surface area contributed by atoms with Gasteiger partial charge in [-0.15, -0.1) is 0 Å². The maximum atomic E-state index is 13.0. The maximum Gasteiger partial charge on any atom is 0.306 e. The molecule has 0 radical (unpaired) electrons. The van der Waals surface area contributed by atoms with Crippen LogP contribution in [0.25, 0.3) is 0 Å². The minimum Gasteiger partial charge on any atom is -0.462 e. The summed E-state index contributed by atoms with van der Waals surface area (Å²) in [5.74, 6) is -0.847. The Morgan fingerprint density at radius 2 is 1.32 bits per heavy atom. The number of ether oxygens (including phenoxy) is 1. The lowest BCUT2D eigenvalue weighted by Gasteiger charge is -2.36. The van der Waals surface area contributed by atoms with Gasteiger partial charge in [0.1, 0.15) is 11.9 Å². The molecule has 2 amide bonds. The first-order valence-corrected chi connectivity index (χ1v) is 15.4. The van der Waals surface area contributed by atoms with E-state index in [-0.39, 0.29) is 54.2 Å². The molecule has 37 heavy (non-hydrogen) atoms. The molecule has 1 heterocycles. The van der Waals surface area contributed by atoms with Crippen LogP contribution in [-0.4, -0.2) is 29.7 Å². The van der Waals surface area contributed by atoms with Crippen molar-refractivity contribution in [2.24, 2.45) is 23.7 Å². The molecule has 1 saturated carbocycles. The van der Waals surface area contributed by atoms with Gasteiger partial charge in [-0.25, -0.2) is 0 Å². The standard InChI is InChI=1S/C31H53NO5/c1-4-5-6-7-8-9-10-11-12-13-14-15-16-17-30(35)37-27(20-25-21-28(33)32-29(34)22-25)26-19-23(2)18-24(3)31(26)36/h23-27H,4-22H2,1-3H3,(H,32,33,34). The van der Waals surface area contributed by atoms with E-state index in [1.165, 1.54) is 64.2 Å². The van der Waals surface area contributed by atoms with Crippen LogP contribution in [0.1, 0.15) is 143 Å². The molecular weight excluding hydrogens is 466 g/mol. The first-order valence-electron chi connectivity index (χ1n) is 15.4. The van der Waals surface area contributed by atoms with Crippen molar-refractivity contribution in [3.8, 4) is 0 Å². The molecule has 0 bridgehead atoms. The molecule has 2 fully saturated rings. The molecule has 6 heteroatoms. The predicted octanol–water partition coefficient (Wildman–Crippen LogP) is 7.07. The number of nitrogens with one attached hydrogen (secondary N) is 1. The third-order valence-corrected chi connectivity index (χ3v) is 8.27. The molecule has 2 rings (SSSR count). The smallest absolute Gasteiger partial charge is 0.306 e. The van der Waals surface area contributed by atoms with Gasteiger partial charge in [0.05, 0.1) is 5.92 Å². The van der Waals surface area contributed by atoms with Crippen LogP contribution in [0, 0.1) is 23.7 Å². The quantitative estimate of drug-likeness (QED) is 0.119. The summed E-state index contributed by atoms with van der Waals surface area (Å²) in [6.45, 7) is 6.35. The molecule has 4 unspecified atom stereocenters. The number of imide groups is 1. The first kappa shape index (κ1) is 31.5. The molecule has 6 nitrogen and oxygen atoms in total. The van der Waals surface area contributed by atoms with Gasteiger partial charge in [0.25, 0.3) is 0 Å². The van der Waals surface area contributed by atoms with Crippen molar-refractivity contribution in [1.29, 1.82) is 0 Å². The van der Waals surface area contributed by atoms with Crippen LogP contribution < -0.4 is 5.32 Å². The molecule has 0 aromatic rings. The van der Waals surface area contributed by atoms with Crippen molar-refractivity contribution in [2.75, 3.05) is 0 Å². The molecule has 1 aliphatic carbocycles. The van der Waals surface area contributed by atoms with Gasteiger partial charge in [-0.3, -0.25) is 24.5 Å². The highest BCUT2D eigenvalue weighted by Crippen LogP contribution is 2.36. The van der Waals surface area contributed by atoms with E-state index < -0.39 is 6.10 Å². The summed E-state index contributed by atoms with van der Waals surface area (Å²) in [4.78, 5) is 49.5. The van der Waals surface area contributed by atoms with E-state index >= 15 is 0 Å². The average molecular weight is 520 g/mol. The van der Waals surface area contributed by atoms with E-state index in [0.717, 1.165) is 25.7 Å². The Bertz CT molecular complexity index is 704. The molecule has 0 aromatic heterocycles. The minimum atomic E-state index is -0.545. The molecule has 2 aliphatic rings. The number of carbonyl (C=O) groups excluding carboxylic acids is 4. The zero-order valence-electron chi connectivity index (χ0n) is 23.9. The van der Waals surface area contributed by atoms with E-state index in [1.54, 1.807) is 0 Å². The molecule has 212 valence electrons. The van der Waals surface area contributed by atoms with E-state index in [1.807, 2.05) is 6.92 Å². The number of amides is 2. The second-order valence-electron chi connectivity index (χ2n) is 12.0. The zero-order chi connectivity index (χ0) is 27.0. The molecule has 1 saturated heterocycles. The van der Waals surface area contributed by atoms with Gasteiger partial charge >= 0.3 is 5.97 Å². The van der Waals surface area contributed by atoms with Crippen LogP contribution in [0.3, 0.4) is 0 Å². The fourth-order valence-electron chi connectivity index (χ4n) is 6.22. The number of ketones is 1. The van der Waals surface area contributed by atoms with Crippen molar-refractivity contribution in [2.45, 2.75) is 149 Å². The number of hydrogen-bond acceptors (Lipinski definition) is 5. The van der Waals surface area contributed by atoms with Crippen LogP contribution >= 0.6 is 0 Å². The second-order valence-corrected chi connectivity index (χ2v) is 12.0. The maximum absolute atomic E-state index is 13.0. The second kappa shape index (κ2) is 17.7. The van der Waals surface area contributed by atoms with Crippen molar-refractivity contribution >= 4 is 23.6 Å². The number of esters is 1. The van der Waals surface area contributed by atoms with Crippen LogP contribution in [0.15, 0.2) is 0 Å². The monoisotopic (exact) mass is 519 g/mol. The Morgan fingerprint density at radius 3 is 1.86 bits per heavy atom. The molecular formula is C31H53NO5. The lowest BCUT2D eigenvalue weighted by atomic mass is 9.71. The molecule has 0 spiro atoms. The lowest BCUT2D eigenvalue weighted by Crippen LogP contribution is -2.44. The Hall–Kier alpha value is -1.72. The first-order chi connectivity index (χ1) is 17.8. The number of Topliss-reactive ketones (excluding diaryl/α,β-unsaturated/α-hetero) is 1. The van der Waals surface area contributed by atoms with Crippen LogP contribution in [0.2, 0.25) is 0 Å². The summed E-state index contributed by atoms with van der Waals surface area (Å²) < 4.78 is 5.93. The van der Waals surface area contributed by atoms with Crippen molar-refractivity contribution < 1.29 is 23.9 Å². The number of hydrogen-bond donors (Lipinski definition) is 1. The van der Waals surface area contributed by atoms with E-state index in [2.05, 4.69) is 19.2 Å². The molecule has 4 atom stereocenters. The Labute approximate surface area is 225 Å². The third-order valence-electron chi connectivity index (χ3n) is 8.27. The molecule has 1 aliphatic heterocycles. The summed E-state index contributed by atoms with van der Waals surface area (Å²) in [5, 5.41) is 2.34. The number of unbranched alkanes of at least 4 members (excludes halogenated alkanes) is 12. The normalized spacial score (nSPS) is 23.6. The van der Waals surface area contributed by atoms with Crippen molar-refractivity contribution in [1.82, 2.24) is 5.32 Å². The Balaban J connectivity index is 1.70. The topological polar surface area (TPSA) is 89.5 Å². The summed E-state index contributed by atoms with van der Waals surface area (Å²) in [6.07, 6.45) is 18.5. The number of piperidine rings is 1. The molecule has 0 aromatic carbocycles. The Morgan fingerprint density at radius 1 is 0.811 bits per heavy atom. The third kappa shape index (κ3) is 12.6. The highest BCUT2D eigenvalue weighted by Gasteiger charge is 2.40. The van der Waals surface area contributed by atoms with E-state index in [4.69, 9.17) is 4.74 Å². The van der Waals surface area contributed by atoms with Crippen molar-refractivity contribution in [3.63, 3.8) is 0 Å². The van der Waals surface area contributed by atoms with Crippen LogP contribution in [0.5, 0.6) is 0 Å².